The fourth-order valence-corrected chi connectivity index (χ4v) is 4.73. The summed E-state index contributed by atoms with van der Waals surface area (Å²) in [5.74, 6) is -9.65. The van der Waals surface area contributed by atoms with Crippen LogP contribution in [0.1, 0.15) is 0 Å². The number of hydrogen-bond donors (Lipinski definition) is 0. The molecular weight excluding hydrogens is 415 g/mol. The van der Waals surface area contributed by atoms with Crippen LogP contribution in [-0.2, 0) is 10.9 Å². The zero-order chi connectivity index (χ0) is 21.5. The van der Waals surface area contributed by atoms with E-state index in [2.05, 4.69) is 91.0 Å². The summed E-state index contributed by atoms with van der Waals surface area (Å²) in [5.41, 5.74) is 0. The van der Waals surface area contributed by atoms with Crippen molar-refractivity contribution in [1.29, 1.82) is 0 Å². The van der Waals surface area contributed by atoms with Gasteiger partial charge >= 0.3 is 0 Å². The number of rotatable bonds is 3. The predicted molar refractivity (Wildman–Crippen MR) is 108 cm³/mol. The monoisotopic (exact) mass is 431 g/mol. The highest BCUT2D eigenvalue weighted by Gasteiger charge is 2.27. The molecule has 4 aromatic carbocycles. The predicted octanol–water partition coefficient (Wildman–Crippen LogP) is 7.16. The van der Waals surface area contributed by atoms with E-state index in [0.717, 1.165) is 0 Å². The molecule has 0 atom stereocenters. The van der Waals surface area contributed by atoms with Crippen molar-refractivity contribution >= 4 is 10.9 Å². The van der Waals surface area contributed by atoms with E-state index < -0.39 is 29.1 Å². The molecular formula is C24H16F5S+. The van der Waals surface area contributed by atoms with Crippen molar-refractivity contribution in [2.24, 2.45) is 0 Å². The van der Waals surface area contributed by atoms with Gasteiger partial charge in [-0.25, -0.2) is 22.0 Å². The van der Waals surface area contributed by atoms with Gasteiger partial charge in [-0.1, -0.05) is 54.6 Å². The molecule has 0 spiro atoms. The van der Waals surface area contributed by atoms with Gasteiger partial charge in [-0.2, -0.15) is 0 Å². The summed E-state index contributed by atoms with van der Waals surface area (Å²) in [6.45, 7) is 0. The van der Waals surface area contributed by atoms with Crippen LogP contribution in [0.3, 0.4) is 0 Å². The highest BCUT2D eigenvalue weighted by molar-refractivity contribution is 7.97. The topological polar surface area (TPSA) is 0 Å². The lowest BCUT2D eigenvalue weighted by Crippen LogP contribution is -2.04. The zero-order valence-corrected chi connectivity index (χ0v) is 16.4. The van der Waals surface area contributed by atoms with E-state index in [-0.39, 0.29) is 17.0 Å². The van der Waals surface area contributed by atoms with Crippen molar-refractivity contribution in [2.75, 3.05) is 0 Å². The lowest BCUT2D eigenvalue weighted by atomic mass is 10.3. The van der Waals surface area contributed by atoms with Crippen molar-refractivity contribution in [3.63, 3.8) is 0 Å². The molecule has 0 amide bonds. The Balaban J connectivity index is 0.000000199. The highest BCUT2D eigenvalue weighted by Crippen LogP contribution is 2.30. The van der Waals surface area contributed by atoms with Gasteiger partial charge in [0, 0.05) is 6.07 Å². The second-order valence-corrected chi connectivity index (χ2v) is 8.05. The fraction of sp³-hybridized carbons (Fsp3) is 0. The largest absolute Gasteiger partial charge is 0.204 e. The molecule has 0 N–H and O–H groups in total. The van der Waals surface area contributed by atoms with Crippen molar-refractivity contribution in [2.45, 2.75) is 14.7 Å². The molecule has 0 aliphatic heterocycles. The van der Waals surface area contributed by atoms with Gasteiger partial charge in [-0.15, -0.1) is 0 Å². The first kappa shape index (κ1) is 21.6. The first-order chi connectivity index (χ1) is 14.5. The van der Waals surface area contributed by atoms with Crippen LogP contribution in [0, 0.1) is 29.1 Å². The quantitative estimate of drug-likeness (QED) is 0.140. The van der Waals surface area contributed by atoms with Gasteiger partial charge in [-0.05, 0) is 36.4 Å². The first-order valence-corrected chi connectivity index (χ1v) is 10.1. The molecule has 152 valence electrons. The van der Waals surface area contributed by atoms with Gasteiger partial charge in [-0.3, -0.25) is 0 Å². The Kier molecular flexibility index (Phi) is 7.25. The minimum absolute atomic E-state index is 0.0146. The van der Waals surface area contributed by atoms with E-state index in [0.29, 0.717) is 0 Å². The second kappa shape index (κ2) is 10.1. The van der Waals surface area contributed by atoms with Crippen LogP contribution < -0.4 is 0 Å². The van der Waals surface area contributed by atoms with Gasteiger partial charge in [0.25, 0.3) is 0 Å². The molecule has 0 saturated heterocycles. The average molecular weight is 431 g/mol. The lowest BCUT2D eigenvalue weighted by molar-refractivity contribution is 0.378. The molecule has 0 saturated carbocycles. The summed E-state index contributed by atoms with van der Waals surface area (Å²) >= 11 is 0. The summed E-state index contributed by atoms with van der Waals surface area (Å²) in [4.78, 5) is 4.08. The van der Waals surface area contributed by atoms with Crippen LogP contribution in [0.25, 0.3) is 0 Å². The molecule has 0 aromatic heterocycles. The normalized spacial score (nSPS) is 10.5. The molecule has 0 aliphatic carbocycles. The van der Waals surface area contributed by atoms with Crippen LogP contribution in [0.4, 0.5) is 22.0 Å². The van der Waals surface area contributed by atoms with Gasteiger partial charge in [0.2, 0.25) is 5.82 Å². The molecule has 0 aliphatic rings. The molecule has 0 radical (unpaired) electrons. The van der Waals surface area contributed by atoms with Crippen LogP contribution in [0.5, 0.6) is 0 Å². The molecule has 0 fully saturated rings. The molecule has 4 rings (SSSR count). The summed E-state index contributed by atoms with van der Waals surface area (Å²) < 4.78 is 60.0. The molecule has 6 heteroatoms. The molecule has 0 nitrogen and oxygen atoms in total. The first-order valence-electron chi connectivity index (χ1n) is 8.87. The summed E-state index contributed by atoms with van der Waals surface area (Å²) in [7, 11) is -0.0146. The Labute approximate surface area is 174 Å². The van der Waals surface area contributed by atoms with Crippen LogP contribution in [0.2, 0.25) is 0 Å². The Bertz CT molecular complexity index is 967. The van der Waals surface area contributed by atoms with Crippen molar-refractivity contribution < 1.29 is 22.0 Å². The minimum atomic E-state index is -2.14. The third-order valence-electron chi connectivity index (χ3n) is 3.99. The zero-order valence-electron chi connectivity index (χ0n) is 15.5. The maximum atomic E-state index is 12.0. The number of halogens is 5. The fourth-order valence-electron chi connectivity index (χ4n) is 2.62. The van der Waals surface area contributed by atoms with Gasteiger partial charge < -0.3 is 0 Å². The second-order valence-electron chi connectivity index (χ2n) is 6.03. The van der Waals surface area contributed by atoms with Crippen molar-refractivity contribution in [3.8, 4) is 0 Å². The van der Waals surface area contributed by atoms with E-state index in [1.165, 1.54) is 14.7 Å². The molecule has 0 heterocycles. The SMILES string of the molecule is Fc1cc(F)c(F)c(F)c1F.c1ccc([S+](c2ccccc2)c2ccccc2)cc1. The maximum Gasteiger partial charge on any atom is 0.200 e. The minimum Gasteiger partial charge on any atom is -0.204 e. The van der Waals surface area contributed by atoms with Gasteiger partial charge in [0.05, 0.1) is 10.9 Å². The molecule has 0 bridgehead atoms. The maximum absolute atomic E-state index is 12.0. The number of hydrogen-bond acceptors (Lipinski definition) is 0. The third kappa shape index (κ3) is 5.07. The van der Waals surface area contributed by atoms with Crippen molar-refractivity contribution in [1.82, 2.24) is 0 Å². The molecule has 0 unspecified atom stereocenters. The molecule has 4 aromatic rings. The van der Waals surface area contributed by atoms with Crippen molar-refractivity contribution in [3.05, 3.63) is 126 Å². The molecule has 30 heavy (non-hydrogen) atoms. The number of benzene rings is 4. The van der Waals surface area contributed by atoms with Gasteiger partial charge in [0.1, 0.15) is 0 Å². The Hall–Kier alpha value is -3.12. The van der Waals surface area contributed by atoms with E-state index in [4.69, 9.17) is 0 Å². The lowest BCUT2D eigenvalue weighted by Gasteiger charge is -2.07. The Morgan fingerprint density at radius 1 is 0.400 bits per heavy atom. The highest BCUT2D eigenvalue weighted by atomic mass is 32.2. The van der Waals surface area contributed by atoms with E-state index in [1.807, 2.05) is 0 Å². The van der Waals surface area contributed by atoms with Crippen LogP contribution in [-0.4, -0.2) is 0 Å². The summed E-state index contributed by atoms with van der Waals surface area (Å²) in [6.07, 6.45) is 0. The van der Waals surface area contributed by atoms with Crippen LogP contribution >= 0.6 is 0 Å². The third-order valence-corrected chi connectivity index (χ3v) is 6.23. The van der Waals surface area contributed by atoms with E-state index >= 15 is 0 Å². The average Bonchev–Trinajstić information content (AvgIpc) is 2.79. The summed E-state index contributed by atoms with van der Waals surface area (Å²) in [5, 5.41) is 0. The summed E-state index contributed by atoms with van der Waals surface area (Å²) in [6, 6.07) is 32.1. The van der Waals surface area contributed by atoms with E-state index in [9.17, 15) is 22.0 Å². The Morgan fingerprint density at radius 2 is 0.700 bits per heavy atom. The van der Waals surface area contributed by atoms with Crippen LogP contribution in [0.15, 0.2) is 112 Å². The van der Waals surface area contributed by atoms with Gasteiger partial charge in [0.15, 0.2) is 38.0 Å². The standard InChI is InChI=1S/C18H15S.C6HF5/c1-4-10-16(11-5-1)19(17-12-6-2-7-13-17)18-14-8-3-9-15-18;7-2-1-3(8)5(10)6(11)4(2)9/h1-15H;1H/q+1;. The van der Waals surface area contributed by atoms with E-state index in [1.54, 1.807) is 0 Å². The smallest absolute Gasteiger partial charge is 0.200 e. The Morgan fingerprint density at radius 3 is 1.00 bits per heavy atom.